The first-order valence-corrected chi connectivity index (χ1v) is 8.11. The van der Waals surface area contributed by atoms with Gasteiger partial charge >= 0.3 is 0 Å². The molecule has 2 rings (SSSR count). The van der Waals surface area contributed by atoms with Crippen molar-refractivity contribution in [2.45, 2.75) is 31.6 Å². The van der Waals surface area contributed by atoms with Crippen LogP contribution in [0.5, 0.6) is 0 Å². The highest BCUT2D eigenvalue weighted by Crippen LogP contribution is 2.36. The van der Waals surface area contributed by atoms with Gasteiger partial charge in [-0.1, -0.05) is 22.0 Å². The van der Waals surface area contributed by atoms with Crippen LogP contribution < -0.4 is 10.6 Å². The number of thioether (sulfide) groups is 1. The molecule has 0 aliphatic carbocycles. The van der Waals surface area contributed by atoms with E-state index in [0.717, 1.165) is 17.6 Å². The molecular weight excluding hydrogens is 308 g/mol. The Balaban J connectivity index is 2.34. The van der Waals surface area contributed by atoms with Crippen LogP contribution in [0.3, 0.4) is 0 Å². The average Bonchev–Trinajstić information content (AvgIpc) is 2.27. The second-order valence-corrected chi connectivity index (χ2v) is 8.24. The van der Waals surface area contributed by atoms with Gasteiger partial charge in [-0.25, -0.2) is 0 Å². The van der Waals surface area contributed by atoms with Gasteiger partial charge in [-0.3, -0.25) is 0 Å². The van der Waals surface area contributed by atoms with E-state index in [1.54, 1.807) is 0 Å². The van der Waals surface area contributed by atoms with Gasteiger partial charge in [0.15, 0.2) is 0 Å². The van der Waals surface area contributed by atoms with Gasteiger partial charge < -0.3 is 10.6 Å². The lowest BCUT2D eigenvalue weighted by Gasteiger charge is -2.40. The van der Waals surface area contributed by atoms with Crippen LogP contribution in [-0.4, -0.2) is 23.6 Å². The number of benzene rings is 1. The minimum absolute atomic E-state index is 0.0748. The first-order chi connectivity index (χ1) is 8.39. The Morgan fingerprint density at radius 3 is 2.78 bits per heavy atom. The van der Waals surface area contributed by atoms with E-state index < -0.39 is 0 Å². The van der Waals surface area contributed by atoms with Gasteiger partial charge in [-0.05, 0) is 38.5 Å². The van der Waals surface area contributed by atoms with E-state index in [9.17, 15) is 0 Å². The summed E-state index contributed by atoms with van der Waals surface area (Å²) in [6, 6.07) is 6.49. The first-order valence-electron chi connectivity index (χ1n) is 6.33. The summed E-state index contributed by atoms with van der Waals surface area (Å²) >= 11 is 5.62. The normalized spacial score (nSPS) is 20.8. The Morgan fingerprint density at radius 2 is 2.17 bits per heavy atom. The Kier molecular flexibility index (Phi) is 4.29. The number of hydrogen-bond acceptors (Lipinski definition) is 3. The van der Waals surface area contributed by atoms with Crippen LogP contribution in [0, 0.1) is 0 Å². The minimum atomic E-state index is 0.0748. The number of nitrogens with two attached hydrogens (primary N) is 1. The monoisotopic (exact) mass is 328 g/mol. The molecule has 18 heavy (non-hydrogen) atoms. The third kappa shape index (κ3) is 3.22. The molecule has 1 aromatic rings. The van der Waals surface area contributed by atoms with Crippen LogP contribution in [0.1, 0.15) is 32.4 Å². The number of rotatable bonds is 2. The maximum Gasteiger partial charge on any atom is 0.0426 e. The fraction of sp³-hybridized carbons (Fsp3) is 0.571. The van der Waals surface area contributed by atoms with Gasteiger partial charge in [0, 0.05) is 39.8 Å². The number of anilines is 1. The Bertz CT molecular complexity index is 432. The Labute approximate surface area is 122 Å². The molecule has 2 nitrogen and oxygen atoms in total. The molecule has 4 heteroatoms. The molecule has 0 saturated carbocycles. The smallest absolute Gasteiger partial charge is 0.0426 e. The summed E-state index contributed by atoms with van der Waals surface area (Å²) in [7, 11) is 0. The quantitative estimate of drug-likeness (QED) is 0.895. The van der Waals surface area contributed by atoms with E-state index in [4.69, 9.17) is 5.73 Å². The predicted octanol–water partition coefficient (Wildman–Crippen LogP) is 3.80. The fourth-order valence-corrected chi connectivity index (χ4v) is 3.86. The number of halogens is 1. The van der Waals surface area contributed by atoms with E-state index in [1.165, 1.54) is 17.0 Å². The molecule has 1 fully saturated rings. The SMILES string of the molecule is CC(N)c1ccc(Br)cc1N1CCSC(C)(C)C1. The molecule has 2 N–H and O–H groups in total. The molecule has 0 amide bonds. The molecule has 1 aliphatic heterocycles. The molecule has 1 heterocycles. The zero-order chi connectivity index (χ0) is 13.3. The van der Waals surface area contributed by atoms with Gasteiger partial charge in [0.1, 0.15) is 0 Å². The predicted molar refractivity (Wildman–Crippen MR) is 85.5 cm³/mol. The van der Waals surface area contributed by atoms with E-state index in [2.05, 4.69) is 71.6 Å². The lowest BCUT2D eigenvalue weighted by Crippen LogP contribution is -2.43. The Morgan fingerprint density at radius 1 is 1.44 bits per heavy atom. The third-order valence-electron chi connectivity index (χ3n) is 3.25. The van der Waals surface area contributed by atoms with Gasteiger partial charge in [0.25, 0.3) is 0 Å². The molecule has 1 unspecified atom stereocenters. The molecule has 1 aromatic carbocycles. The second kappa shape index (κ2) is 5.43. The van der Waals surface area contributed by atoms with Crippen LogP contribution in [0.2, 0.25) is 0 Å². The Hall–Kier alpha value is -0.190. The summed E-state index contributed by atoms with van der Waals surface area (Å²) < 4.78 is 1.44. The summed E-state index contributed by atoms with van der Waals surface area (Å²) in [4.78, 5) is 2.47. The van der Waals surface area contributed by atoms with Gasteiger partial charge in [-0.2, -0.15) is 11.8 Å². The molecule has 0 aromatic heterocycles. The molecule has 0 bridgehead atoms. The van der Waals surface area contributed by atoms with Crippen LogP contribution in [0.4, 0.5) is 5.69 Å². The van der Waals surface area contributed by atoms with Crippen molar-refractivity contribution >= 4 is 33.4 Å². The molecule has 1 aliphatic rings. The van der Waals surface area contributed by atoms with Crippen molar-refractivity contribution in [1.82, 2.24) is 0 Å². The maximum atomic E-state index is 6.09. The van der Waals surface area contributed by atoms with Crippen molar-refractivity contribution in [3.63, 3.8) is 0 Å². The maximum absolute atomic E-state index is 6.09. The van der Waals surface area contributed by atoms with Crippen LogP contribution in [0.25, 0.3) is 0 Å². The topological polar surface area (TPSA) is 29.3 Å². The summed E-state index contributed by atoms with van der Waals surface area (Å²) in [6.45, 7) is 8.86. The van der Waals surface area contributed by atoms with E-state index in [1.807, 2.05) is 0 Å². The van der Waals surface area contributed by atoms with Crippen LogP contribution >= 0.6 is 27.7 Å². The van der Waals surface area contributed by atoms with E-state index >= 15 is 0 Å². The molecule has 100 valence electrons. The summed E-state index contributed by atoms with van der Waals surface area (Å²) in [6.07, 6.45) is 0. The highest BCUT2D eigenvalue weighted by atomic mass is 79.9. The zero-order valence-electron chi connectivity index (χ0n) is 11.2. The van der Waals surface area contributed by atoms with Crippen molar-refractivity contribution in [3.8, 4) is 0 Å². The average molecular weight is 329 g/mol. The van der Waals surface area contributed by atoms with Crippen molar-refractivity contribution in [2.24, 2.45) is 5.73 Å². The largest absolute Gasteiger partial charge is 0.369 e. The van der Waals surface area contributed by atoms with Crippen molar-refractivity contribution in [1.29, 1.82) is 0 Å². The molecule has 0 radical (unpaired) electrons. The number of hydrogen-bond donors (Lipinski definition) is 1. The lowest BCUT2D eigenvalue weighted by atomic mass is 10.0. The summed E-state index contributed by atoms with van der Waals surface area (Å²) in [5.74, 6) is 1.18. The number of nitrogens with zero attached hydrogens (tertiary/aromatic N) is 1. The highest BCUT2D eigenvalue weighted by Gasteiger charge is 2.28. The summed E-state index contributed by atoms with van der Waals surface area (Å²) in [5, 5.41) is 0. The van der Waals surface area contributed by atoms with Crippen molar-refractivity contribution in [2.75, 3.05) is 23.7 Å². The van der Waals surface area contributed by atoms with Crippen molar-refractivity contribution in [3.05, 3.63) is 28.2 Å². The van der Waals surface area contributed by atoms with Crippen molar-refractivity contribution < 1.29 is 0 Å². The molecular formula is C14H21BrN2S. The van der Waals surface area contributed by atoms with Gasteiger partial charge in [0.2, 0.25) is 0 Å². The standard InChI is InChI=1S/C14H21BrN2S/c1-10(16)12-5-4-11(15)8-13(12)17-6-7-18-14(2,3)9-17/h4-5,8,10H,6-7,9,16H2,1-3H3. The molecule has 1 saturated heterocycles. The lowest BCUT2D eigenvalue weighted by molar-refractivity contribution is 0.642. The van der Waals surface area contributed by atoms with E-state index in [-0.39, 0.29) is 6.04 Å². The first kappa shape index (κ1) is 14.2. The fourth-order valence-electron chi connectivity index (χ4n) is 2.40. The molecule has 0 spiro atoms. The van der Waals surface area contributed by atoms with Gasteiger partial charge in [-0.15, -0.1) is 0 Å². The van der Waals surface area contributed by atoms with Crippen LogP contribution in [0.15, 0.2) is 22.7 Å². The third-order valence-corrected chi connectivity index (χ3v) is 5.04. The second-order valence-electron chi connectivity index (χ2n) is 5.52. The zero-order valence-corrected chi connectivity index (χ0v) is 13.6. The van der Waals surface area contributed by atoms with Crippen LogP contribution in [-0.2, 0) is 0 Å². The van der Waals surface area contributed by atoms with Gasteiger partial charge in [0.05, 0.1) is 0 Å². The van der Waals surface area contributed by atoms with E-state index in [0.29, 0.717) is 4.75 Å². The summed E-state index contributed by atoms with van der Waals surface area (Å²) in [5.41, 5.74) is 8.61. The highest BCUT2D eigenvalue weighted by molar-refractivity contribution is 9.10. The minimum Gasteiger partial charge on any atom is -0.369 e. The molecule has 1 atom stereocenters.